The summed E-state index contributed by atoms with van der Waals surface area (Å²) in [5.41, 5.74) is 2.43. The molecule has 1 fully saturated rings. The van der Waals surface area contributed by atoms with Crippen molar-refractivity contribution in [3.63, 3.8) is 0 Å². The van der Waals surface area contributed by atoms with E-state index in [0.717, 1.165) is 48.9 Å². The molecule has 1 atom stereocenters. The SMILES string of the molecule is O=C(CSCc1nc2sc3c(c2c(=O)[nH]1)CCCC3)N1CCCC1c1cccc2ccccc12. The molecule has 0 bridgehead atoms. The number of thioether (sulfide) groups is 1. The van der Waals surface area contributed by atoms with Crippen LogP contribution in [0.25, 0.3) is 21.0 Å². The van der Waals surface area contributed by atoms with E-state index < -0.39 is 0 Å². The number of benzene rings is 2. The van der Waals surface area contributed by atoms with Gasteiger partial charge in [-0.3, -0.25) is 9.59 Å². The van der Waals surface area contributed by atoms with Gasteiger partial charge in [0.25, 0.3) is 5.56 Å². The van der Waals surface area contributed by atoms with Crippen LogP contribution in [0.2, 0.25) is 0 Å². The highest BCUT2D eigenvalue weighted by Gasteiger charge is 2.30. The summed E-state index contributed by atoms with van der Waals surface area (Å²) >= 11 is 3.21. The van der Waals surface area contributed by atoms with Crippen molar-refractivity contribution in [2.75, 3.05) is 12.3 Å². The van der Waals surface area contributed by atoms with Crippen molar-refractivity contribution in [2.45, 2.75) is 50.3 Å². The van der Waals surface area contributed by atoms with Crippen molar-refractivity contribution in [1.29, 1.82) is 0 Å². The Morgan fingerprint density at radius 1 is 1.12 bits per heavy atom. The third-order valence-electron chi connectivity index (χ3n) is 7.09. The van der Waals surface area contributed by atoms with Crippen LogP contribution in [0.4, 0.5) is 0 Å². The van der Waals surface area contributed by atoms with Gasteiger partial charge in [-0.25, -0.2) is 4.98 Å². The summed E-state index contributed by atoms with van der Waals surface area (Å²) in [7, 11) is 0. The Bertz CT molecular complexity index is 1440. The highest BCUT2D eigenvalue weighted by Crippen LogP contribution is 2.37. The Morgan fingerprint density at radius 2 is 1.97 bits per heavy atom. The zero-order chi connectivity index (χ0) is 23.1. The number of rotatable bonds is 5. The first-order valence-corrected chi connectivity index (χ1v) is 14.0. The number of aromatic nitrogens is 2. The van der Waals surface area contributed by atoms with Crippen LogP contribution in [0, 0.1) is 0 Å². The molecule has 6 rings (SSSR count). The molecule has 2 aromatic carbocycles. The number of hydrogen-bond donors (Lipinski definition) is 1. The standard InChI is InChI=1S/C27H27N3O2S2/c31-24(30-14-6-12-21(30)19-11-5-8-17-7-1-2-9-18(17)19)16-33-15-23-28-26(32)25-20-10-3-4-13-22(20)34-27(25)29-23/h1-2,5,7-9,11,21H,3-4,6,10,12-16H2,(H,28,29,32). The summed E-state index contributed by atoms with van der Waals surface area (Å²) in [4.78, 5) is 37.9. The van der Waals surface area contributed by atoms with Gasteiger partial charge in [0.2, 0.25) is 5.91 Å². The maximum absolute atomic E-state index is 13.2. The molecule has 1 saturated heterocycles. The minimum Gasteiger partial charge on any atom is -0.335 e. The number of thiophene rings is 1. The number of nitrogens with one attached hydrogen (secondary N) is 1. The van der Waals surface area contributed by atoms with Crippen LogP contribution in [-0.4, -0.2) is 33.1 Å². The summed E-state index contributed by atoms with van der Waals surface area (Å²) in [6, 6.07) is 14.9. The Morgan fingerprint density at radius 3 is 2.91 bits per heavy atom. The lowest BCUT2D eigenvalue weighted by Gasteiger charge is -2.26. The van der Waals surface area contributed by atoms with Gasteiger partial charge in [-0.2, -0.15) is 0 Å². The molecule has 1 aliphatic heterocycles. The van der Waals surface area contributed by atoms with Crippen LogP contribution < -0.4 is 5.56 Å². The van der Waals surface area contributed by atoms with Crippen molar-refractivity contribution in [2.24, 2.45) is 0 Å². The van der Waals surface area contributed by atoms with E-state index in [4.69, 9.17) is 4.98 Å². The van der Waals surface area contributed by atoms with Crippen LogP contribution in [0.15, 0.2) is 47.3 Å². The fraction of sp³-hybridized carbons (Fsp3) is 0.370. The smallest absolute Gasteiger partial charge is 0.259 e. The third-order valence-corrected chi connectivity index (χ3v) is 9.21. The molecule has 174 valence electrons. The van der Waals surface area contributed by atoms with Crippen molar-refractivity contribution in [1.82, 2.24) is 14.9 Å². The average molecular weight is 490 g/mol. The number of hydrogen-bond acceptors (Lipinski definition) is 5. The number of carbonyl (C=O) groups excluding carboxylic acids is 1. The van der Waals surface area contributed by atoms with Gasteiger partial charge in [-0.15, -0.1) is 23.1 Å². The predicted octanol–water partition coefficient (Wildman–Crippen LogP) is 5.61. The van der Waals surface area contributed by atoms with Gasteiger partial charge in [0.1, 0.15) is 10.7 Å². The molecule has 1 N–H and O–H groups in total. The maximum atomic E-state index is 13.2. The van der Waals surface area contributed by atoms with Gasteiger partial charge in [-0.05, 0) is 60.4 Å². The Hall–Kier alpha value is -2.64. The molecule has 3 heterocycles. The minimum atomic E-state index is -0.0260. The van der Waals surface area contributed by atoms with E-state index in [-0.39, 0.29) is 17.5 Å². The first-order valence-electron chi connectivity index (χ1n) is 12.1. The number of carbonyl (C=O) groups is 1. The van der Waals surface area contributed by atoms with E-state index in [0.29, 0.717) is 17.3 Å². The molecule has 2 aromatic heterocycles. The number of nitrogens with zero attached hydrogens (tertiary/aromatic N) is 2. The van der Waals surface area contributed by atoms with Crippen molar-refractivity contribution in [3.05, 3.63) is 74.6 Å². The molecule has 0 spiro atoms. The molecular weight excluding hydrogens is 462 g/mol. The molecular formula is C27H27N3O2S2. The van der Waals surface area contributed by atoms with Gasteiger partial charge >= 0.3 is 0 Å². The van der Waals surface area contributed by atoms with Gasteiger partial charge in [0.15, 0.2) is 0 Å². The van der Waals surface area contributed by atoms with Gasteiger partial charge in [0.05, 0.1) is 22.9 Å². The highest BCUT2D eigenvalue weighted by molar-refractivity contribution is 7.99. The summed E-state index contributed by atoms with van der Waals surface area (Å²) in [5.74, 6) is 1.76. The number of likely N-dealkylation sites (tertiary alicyclic amines) is 1. The zero-order valence-corrected chi connectivity index (χ0v) is 20.6. The molecule has 1 amide bonds. The molecule has 1 unspecified atom stereocenters. The average Bonchev–Trinajstić information content (AvgIpc) is 3.48. The topological polar surface area (TPSA) is 66.1 Å². The summed E-state index contributed by atoms with van der Waals surface area (Å²) in [5, 5.41) is 3.24. The van der Waals surface area contributed by atoms with E-state index in [1.807, 2.05) is 4.90 Å². The van der Waals surface area contributed by atoms with E-state index in [1.165, 1.54) is 45.0 Å². The number of H-pyrrole nitrogens is 1. The molecule has 0 radical (unpaired) electrons. The number of amides is 1. The lowest BCUT2D eigenvalue weighted by atomic mass is 9.97. The van der Waals surface area contributed by atoms with Crippen LogP contribution in [0.1, 0.15) is 53.6 Å². The second-order valence-corrected chi connectivity index (χ2v) is 11.3. The first-order chi connectivity index (χ1) is 16.7. The number of aryl methyl sites for hydroxylation is 2. The van der Waals surface area contributed by atoms with Crippen molar-refractivity contribution < 1.29 is 4.79 Å². The molecule has 1 aliphatic carbocycles. The predicted molar refractivity (Wildman–Crippen MR) is 141 cm³/mol. The highest BCUT2D eigenvalue weighted by atomic mass is 32.2. The first kappa shape index (κ1) is 21.9. The van der Waals surface area contributed by atoms with Crippen LogP contribution >= 0.6 is 23.1 Å². The van der Waals surface area contributed by atoms with E-state index in [1.54, 1.807) is 11.3 Å². The molecule has 7 heteroatoms. The Balaban J connectivity index is 1.15. The van der Waals surface area contributed by atoms with Crippen LogP contribution in [0.3, 0.4) is 0 Å². The summed E-state index contributed by atoms with van der Waals surface area (Å²) in [6.45, 7) is 0.801. The van der Waals surface area contributed by atoms with Gasteiger partial charge in [0, 0.05) is 11.4 Å². The minimum absolute atomic E-state index is 0.0260. The number of fused-ring (bicyclic) bond motifs is 4. The largest absolute Gasteiger partial charge is 0.335 e. The second kappa shape index (κ2) is 9.19. The fourth-order valence-corrected chi connectivity index (χ4v) is 7.58. The molecule has 2 aliphatic rings. The van der Waals surface area contributed by atoms with Crippen molar-refractivity contribution in [3.8, 4) is 0 Å². The quantitative estimate of drug-likeness (QED) is 0.396. The van der Waals surface area contributed by atoms with Gasteiger partial charge < -0.3 is 9.88 Å². The molecule has 34 heavy (non-hydrogen) atoms. The monoisotopic (exact) mass is 489 g/mol. The summed E-state index contributed by atoms with van der Waals surface area (Å²) in [6.07, 6.45) is 6.41. The third kappa shape index (κ3) is 3.95. The lowest BCUT2D eigenvalue weighted by molar-refractivity contribution is -0.129. The molecule has 5 nitrogen and oxygen atoms in total. The normalized spacial score (nSPS) is 18.0. The lowest BCUT2D eigenvalue weighted by Crippen LogP contribution is -2.32. The maximum Gasteiger partial charge on any atom is 0.259 e. The van der Waals surface area contributed by atoms with E-state index >= 15 is 0 Å². The van der Waals surface area contributed by atoms with Crippen molar-refractivity contribution >= 4 is 50.0 Å². The molecule has 4 aromatic rings. The van der Waals surface area contributed by atoms with E-state index in [2.05, 4.69) is 47.4 Å². The second-order valence-electron chi connectivity index (χ2n) is 9.21. The van der Waals surface area contributed by atoms with Crippen LogP contribution in [-0.2, 0) is 23.4 Å². The Kier molecular flexibility index (Phi) is 5.91. The van der Waals surface area contributed by atoms with Crippen LogP contribution in [0.5, 0.6) is 0 Å². The van der Waals surface area contributed by atoms with Gasteiger partial charge in [-0.1, -0.05) is 42.5 Å². The fourth-order valence-electron chi connectivity index (χ4n) is 5.52. The molecule has 0 saturated carbocycles. The van der Waals surface area contributed by atoms with E-state index in [9.17, 15) is 9.59 Å². The zero-order valence-electron chi connectivity index (χ0n) is 19.0. The summed E-state index contributed by atoms with van der Waals surface area (Å²) < 4.78 is 0. The number of aromatic amines is 1. The Labute approximate surface area is 206 Å².